The normalized spacial score (nSPS) is 18.2. The molecular weight excluding hydrogens is 476 g/mol. The first-order chi connectivity index (χ1) is 16.4. The quantitative estimate of drug-likeness (QED) is 0.197. The molecule has 0 saturated heterocycles. The first-order valence-electron chi connectivity index (χ1n) is 10.6. The van der Waals surface area contributed by atoms with Gasteiger partial charge in [-0.2, -0.15) is 0 Å². The fourth-order valence-corrected chi connectivity index (χ4v) is 5.45. The van der Waals surface area contributed by atoms with Gasteiger partial charge in [0, 0.05) is 33.7 Å². The summed E-state index contributed by atoms with van der Waals surface area (Å²) < 4.78 is 2.18. The summed E-state index contributed by atoms with van der Waals surface area (Å²) >= 11 is 6.95. The summed E-state index contributed by atoms with van der Waals surface area (Å²) in [5.74, 6) is -0.910. The predicted molar refractivity (Wildman–Crippen MR) is 133 cm³/mol. The third kappa shape index (κ3) is 4.92. The number of aliphatic carboxylic acids is 1. The van der Waals surface area contributed by atoms with Crippen molar-refractivity contribution >= 4 is 46.3 Å². The van der Waals surface area contributed by atoms with E-state index in [1.165, 1.54) is 0 Å². The minimum Gasteiger partial charge on any atom is -0.481 e. The lowest BCUT2D eigenvalue weighted by Crippen LogP contribution is -2.13. The Morgan fingerprint density at radius 1 is 1.38 bits per heavy atom. The van der Waals surface area contributed by atoms with Crippen LogP contribution < -0.4 is 0 Å². The molecule has 0 amide bonds. The van der Waals surface area contributed by atoms with Crippen LogP contribution in [0, 0.1) is 0 Å². The molecule has 0 saturated carbocycles. The summed E-state index contributed by atoms with van der Waals surface area (Å²) in [5, 5.41) is 11.9. The van der Waals surface area contributed by atoms with Gasteiger partial charge in [0.25, 0.3) is 0 Å². The van der Waals surface area contributed by atoms with Crippen LogP contribution in [0.15, 0.2) is 54.4 Å². The highest BCUT2D eigenvalue weighted by molar-refractivity contribution is 8.14. The Labute approximate surface area is 205 Å². The molecule has 0 aliphatic heterocycles. The molecule has 1 N–H and O–H groups in total. The second kappa shape index (κ2) is 10.3. The summed E-state index contributed by atoms with van der Waals surface area (Å²) in [6, 6.07) is 7.58. The number of allylic oxidation sites excluding steroid dienone is 2. The van der Waals surface area contributed by atoms with Crippen LogP contribution >= 0.6 is 23.4 Å². The first kappa shape index (κ1) is 23.8. The zero-order valence-corrected chi connectivity index (χ0v) is 19.6. The van der Waals surface area contributed by atoms with E-state index in [-0.39, 0.29) is 17.6 Å². The molecule has 0 bridgehead atoms. The van der Waals surface area contributed by atoms with Crippen LogP contribution in [0.1, 0.15) is 46.8 Å². The lowest BCUT2D eigenvalue weighted by atomic mass is 10.0. The summed E-state index contributed by atoms with van der Waals surface area (Å²) in [5.41, 5.74) is 14.3. The topological polar surface area (TPSA) is 117 Å². The van der Waals surface area contributed by atoms with Crippen molar-refractivity contribution in [2.45, 2.75) is 37.0 Å². The molecule has 1 aromatic carbocycles. The van der Waals surface area contributed by atoms with E-state index in [4.69, 9.17) is 17.1 Å². The zero-order valence-electron chi connectivity index (χ0n) is 18.1. The van der Waals surface area contributed by atoms with Gasteiger partial charge < -0.3 is 14.5 Å². The smallest absolute Gasteiger partial charge is 0.379 e. The molecule has 0 fully saturated rings. The Balaban J connectivity index is 1.80. The number of nitrogens with zero attached hydrogens (tertiary/aromatic N) is 4. The van der Waals surface area contributed by atoms with Gasteiger partial charge in [0.1, 0.15) is 5.28 Å². The van der Waals surface area contributed by atoms with Crippen LogP contribution in [0.4, 0.5) is 4.79 Å². The third-order valence-corrected chi connectivity index (χ3v) is 7.01. The van der Waals surface area contributed by atoms with E-state index >= 15 is 0 Å². The Hall–Kier alpha value is -3.39. The van der Waals surface area contributed by atoms with Gasteiger partial charge in [-0.15, -0.1) is 0 Å². The standard InChI is InChI=1S/C24H21ClN4O4S/c1-2-15-11-18(34-24(32)33-28-27-26)8-10-20-19-9-5-16(12-21(30)31)23(19)29(22(15)20)13-14-3-6-17(25)7-4-14/h2-4,6-8,10-11,16,18H,1,5,9,12-13H2,(H,30,31). The summed E-state index contributed by atoms with van der Waals surface area (Å²) in [6.07, 6.45) is 9.10. The van der Waals surface area contributed by atoms with Gasteiger partial charge in [0.15, 0.2) is 0 Å². The molecule has 4 rings (SSSR count). The molecule has 2 aromatic rings. The maximum absolute atomic E-state index is 12.0. The number of hydrogen-bond donors (Lipinski definition) is 1. The van der Waals surface area contributed by atoms with Crippen LogP contribution in [0.3, 0.4) is 0 Å². The maximum atomic E-state index is 12.0. The summed E-state index contributed by atoms with van der Waals surface area (Å²) in [6.45, 7) is 4.53. The molecule has 2 aliphatic carbocycles. The number of carboxylic acids is 1. The number of benzene rings is 1. The van der Waals surface area contributed by atoms with Crippen molar-refractivity contribution in [2.24, 2.45) is 5.28 Å². The molecule has 0 spiro atoms. The summed E-state index contributed by atoms with van der Waals surface area (Å²) in [4.78, 5) is 30.4. The summed E-state index contributed by atoms with van der Waals surface area (Å²) in [7, 11) is 0. The minimum absolute atomic E-state index is 0.0666. The molecule has 2 unspecified atom stereocenters. The molecule has 1 heterocycles. The van der Waals surface area contributed by atoms with Gasteiger partial charge in [-0.25, -0.2) is 4.79 Å². The first-order valence-corrected chi connectivity index (χ1v) is 11.8. The number of fused-ring (bicyclic) bond motifs is 3. The monoisotopic (exact) mass is 496 g/mol. The molecule has 34 heavy (non-hydrogen) atoms. The average Bonchev–Trinajstić information content (AvgIpc) is 3.27. The Kier molecular flexibility index (Phi) is 7.17. The average molecular weight is 497 g/mol. The molecule has 174 valence electrons. The Morgan fingerprint density at radius 2 is 2.15 bits per heavy atom. The van der Waals surface area contributed by atoms with Gasteiger partial charge >= 0.3 is 11.3 Å². The van der Waals surface area contributed by atoms with E-state index in [1.807, 2.05) is 42.5 Å². The predicted octanol–water partition coefficient (Wildman–Crippen LogP) is 6.75. The highest BCUT2D eigenvalue weighted by Crippen LogP contribution is 2.45. The Morgan fingerprint density at radius 3 is 2.82 bits per heavy atom. The number of hydrogen-bond acceptors (Lipinski definition) is 5. The fraction of sp³-hybridized carbons (Fsp3) is 0.250. The minimum atomic E-state index is -0.822. The van der Waals surface area contributed by atoms with Crippen molar-refractivity contribution < 1.29 is 19.5 Å². The molecule has 8 nitrogen and oxygen atoms in total. The van der Waals surface area contributed by atoms with Crippen LogP contribution in [-0.2, 0) is 22.6 Å². The van der Waals surface area contributed by atoms with Crippen molar-refractivity contribution in [2.75, 3.05) is 0 Å². The highest BCUT2D eigenvalue weighted by Gasteiger charge is 2.34. The zero-order chi connectivity index (χ0) is 24.2. The second-order valence-electron chi connectivity index (χ2n) is 7.95. The number of carbonyl (C=O) groups excluding carboxylic acids is 1. The van der Waals surface area contributed by atoms with Gasteiger partial charge in [-0.05, 0) is 59.0 Å². The van der Waals surface area contributed by atoms with E-state index < -0.39 is 11.3 Å². The van der Waals surface area contributed by atoms with Crippen LogP contribution in [-0.4, -0.2) is 26.2 Å². The third-order valence-electron chi connectivity index (χ3n) is 5.93. The number of halogens is 1. The number of carboxylic acid groups (broad SMARTS) is 1. The molecular formula is C24H21ClN4O4S. The number of rotatable bonds is 7. The SMILES string of the molecule is C=CC1=CC(SC(=O)ON=[N+]=[N-])C=Cc2c3c(n(Cc4ccc(Cl)cc4)c21)C(CC(=O)O)CC3. The number of carbonyl (C=O) groups is 2. The molecule has 1 aromatic heterocycles. The van der Waals surface area contributed by atoms with Gasteiger partial charge in [0.05, 0.1) is 17.4 Å². The van der Waals surface area contributed by atoms with Gasteiger partial charge in [0.2, 0.25) is 0 Å². The fourth-order valence-electron chi connectivity index (χ4n) is 4.66. The molecule has 2 atom stereocenters. The van der Waals surface area contributed by atoms with Crippen molar-refractivity contribution in [1.29, 1.82) is 0 Å². The second-order valence-corrected chi connectivity index (χ2v) is 9.50. The van der Waals surface area contributed by atoms with E-state index in [0.717, 1.165) is 58.3 Å². The van der Waals surface area contributed by atoms with Crippen molar-refractivity contribution in [3.63, 3.8) is 0 Å². The van der Waals surface area contributed by atoms with Crippen molar-refractivity contribution in [3.05, 3.63) is 92.6 Å². The van der Waals surface area contributed by atoms with Crippen LogP contribution in [0.2, 0.25) is 5.02 Å². The number of aromatic nitrogens is 1. The molecule has 2 aliphatic rings. The highest BCUT2D eigenvalue weighted by atomic mass is 35.5. The van der Waals surface area contributed by atoms with Gasteiger partial charge in [-0.1, -0.05) is 54.6 Å². The Bertz CT molecular complexity index is 1260. The van der Waals surface area contributed by atoms with Crippen LogP contribution in [0.25, 0.3) is 22.1 Å². The number of thioether (sulfide) groups is 1. The van der Waals surface area contributed by atoms with Crippen molar-refractivity contribution in [1.82, 2.24) is 4.57 Å². The molecule has 0 radical (unpaired) electrons. The van der Waals surface area contributed by atoms with E-state index in [0.29, 0.717) is 11.6 Å². The number of azide groups is 1. The van der Waals surface area contributed by atoms with E-state index in [2.05, 4.69) is 26.2 Å². The van der Waals surface area contributed by atoms with E-state index in [9.17, 15) is 14.7 Å². The maximum Gasteiger partial charge on any atom is 0.379 e. The van der Waals surface area contributed by atoms with Gasteiger partial charge in [-0.3, -0.25) is 4.79 Å². The lowest BCUT2D eigenvalue weighted by molar-refractivity contribution is -0.137. The lowest BCUT2D eigenvalue weighted by Gasteiger charge is -2.18. The molecule has 10 heteroatoms. The largest absolute Gasteiger partial charge is 0.481 e. The van der Waals surface area contributed by atoms with E-state index in [1.54, 1.807) is 6.08 Å². The van der Waals surface area contributed by atoms with Crippen LogP contribution in [0.5, 0.6) is 0 Å². The van der Waals surface area contributed by atoms with Crippen molar-refractivity contribution in [3.8, 4) is 0 Å².